The average Bonchev–Trinajstić information content (AvgIpc) is 3.53. The number of hydrogen-bond acceptors (Lipinski definition) is 3. The Morgan fingerprint density at radius 3 is 1.68 bits per heavy atom. The number of aromatic nitrogens is 2. The molecule has 0 bridgehead atoms. The van der Waals surface area contributed by atoms with Crippen LogP contribution in [-0.2, 0) is 0 Å². The lowest BCUT2D eigenvalue weighted by atomic mass is 9.86. The molecule has 10 aromatic rings. The predicted molar refractivity (Wildman–Crippen MR) is 201 cm³/mol. The fourth-order valence-corrected chi connectivity index (χ4v) is 8.77. The van der Waals surface area contributed by atoms with Crippen LogP contribution in [0, 0.1) is 0 Å². The first kappa shape index (κ1) is 26.3. The predicted octanol–water partition coefficient (Wildman–Crippen LogP) is 12.5. The Bertz CT molecular complexity index is 2780. The molecule has 0 unspecified atom stereocenters. The van der Waals surface area contributed by atoms with Gasteiger partial charge >= 0.3 is 0 Å². The summed E-state index contributed by atoms with van der Waals surface area (Å²) in [6.45, 7) is 0. The zero-order valence-electron chi connectivity index (χ0n) is 25.3. The minimum atomic E-state index is 1.00. The van der Waals surface area contributed by atoms with Crippen LogP contribution in [0.5, 0.6) is 0 Å². The van der Waals surface area contributed by atoms with E-state index in [-0.39, 0.29) is 0 Å². The smallest absolute Gasteiger partial charge is 0.0788 e. The summed E-state index contributed by atoms with van der Waals surface area (Å²) < 4.78 is 2.63. The second-order valence-electron chi connectivity index (χ2n) is 12.1. The molecule has 0 fully saturated rings. The highest BCUT2D eigenvalue weighted by atomic mass is 32.1. The molecule has 0 amide bonds. The van der Waals surface area contributed by atoms with Gasteiger partial charge in [-0.15, -0.1) is 11.3 Å². The van der Waals surface area contributed by atoms with E-state index in [9.17, 15) is 0 Å². The molecule has 10 rings (SSSR count). The molecule has 0 aliphatic heterocycles. The molecule has 3 heteroatoms. The molecule has 7 aromatic carbocycles. The van der Waals surface area contributed by atoms with Gasteiger partial charge in [0.15, 0.2) is 0 Å². The van der Waals surface area contributed by atoms with Gasteiger partial charge in [-0.05, 0) is 68.1 Å². The van der Waals surface area contributed by atoms with E-state index in [0.29, 0.717) is 0 Å². The zero-order valence-corrected chi connectivity index (χ0v) is 26.1. The average molecular weight is 615 g/mol. The van der Waals surface area contributed by atoms with Gasteiger partial charge in [-0.25, -0.2) is 4.98 Å². The van der Waals surface area contributed by atoms with E-state index in [1.807, 2.05) is 23.7 Å². The SMILES string of the molecule is c1ccc(-c2nc3cc(-c4c5ccccc5c(-c5ccncc5)c5ccccc45)ccc3c3c2ccc2c4ccccc4sc23)cc1. The summed E-state index contributed by atoms with van der Waals surface area (Å²) in [5, 5.41) is 11.2. The Hall–Kier alpha value is -5.90. The van der Waals surface area contributed by atoms with Gasteiger partial charge in [-0.3, -0.25) is 4.98 Å². The minimum absolute atomic E-state index is 1.00. The molecule has 0 aliphatic carbocycles. The van der Waals surface area contributed by atoms with E-state index >= 15 is 0 Å². The lowest BCUT2D eigenvalue weighted by Crippen LogP contribution is -1.93. The molecule has 0 radical (unpaired) electrons. The molecular weight excluding hydrogens is 589 g/mol. The first-order chi connectivity index (χ1) is 23.3. The van der Waals surface area contributed by atoms with Gasteiger partial charge < -0.3 is 0 Å². The molecule has 0 saturated heterocycles. The third-order valence-electron chi connectivity index (χ3n) is 9.54. The topological polar surface area (TPSA) is 25.8 Å². The number of thiophene rings is 1. The largest absolute Gasteiger partial charge is 0.265 e. The summed E-state index contributed by atoms with van der Waals surface area (Å²) in [6, 6.07) is 52.7. The Labute approximate surface area is 275 Å². The van der Waals surface area contributed by atoms with Crippen LogP contribution in [0.15, 0.2) is 158 Å². The van der Waals surface area contributed by atoms with Crippen LogP contribution in [0.2, 0.25) is 0 Å². The van der Waals surface area contributed by atoms with E-state index in [1.165, 1.54) is 80.1 Å². The molecule has 0 spiro atoms. The van der Waals surface area contributed by atoms with Crippen LogP contribution in [0.25, 0.3) is 96.9 Å². The van der Waals surface area contributed by atoms with Crippen LogP contribution in [-0.4, -0.2) is 9.97 Å². The first-order valence-corrected chi connectivity index (χ1v) is 16.7. The number of rotatable bonds is 3. The number of hydrogen-bond donors (Lipinski definition) is 0. The summed E-state index contributed by atoms with van der Waals surface area (Å²) in [5.74, 6) is 0. The quantitative estimate of drug-likeness (QED) is 0.146. The Morgan fingerprint density at radius 2 is 0.979 bits per heavy atom. The zero-order chi connectivity index (χ0) is 30.9. The molecule has 0 saturated carbocycles. The lowest BCUT2D eigenvalue weighted by Gasteiger charge is -2.18. The van der Waals surface area contributed by atoms with Crippen LogP contribution in [0.3, 0.4) is 0 Å². The van der Waals surface area contributed by atoms with E-state index in [1.54, 1.807) is 0 Å². The maximum atomic E-state index is 5.44. The van der Waals surface area contributed by atoms with E-state index in [2.05, 4.69) is 151 Å². The molecule has 0 aliphatic rings. The van der Waals surface area contributed by atoms with Crippen molar-refractivity contribution in [3.05, 3.63) is 158 Å². The number of nitrogens with zero attached hydrogens (tertiary/aromatic N) is 2. The Balaban J connectivity index is 1.33. The standard InChI is InChI=1S/C44H26N2S/c1-2-10-28(11-3-1)43-37-21-20-35-30-12-8-9-17-39(30)47-44(35)42(37)36-19-18-29(26-38(36)46-43)41-33-15-6-4-13-31(33)40(27-22-24-45-25-23-27)32-14-5-7-16-34(32)41/h1-26H. The van der Waals surface area contributed by atoms with Crippen LogP contribution in [0.1, 0.15) is 0 Å². The van der Waals surface area contributed by atoms with Crippen molar-refractivity contribution in [3.8, 4) is 33.5 Å². The van der Waals surface area contributed by atoms with Crippen molar-refractivity contribution >= 4 is 74.7 Å². The van der Waals surface area contributed by atoms with Gasteiger partial charge in [0.1, 0.15) is 0 Å². The third kappa shape index (κ3) is 3.97. The molecule has 0 N–H and O–H groups in total. The maximum Gasteiger partial charge on any atom is 0.0788 e. The Morgan fingerprint density at radius 1 is 0.404 bits per heavy atom. The second-order valence-corrected chi connectivity index (χ2v) is 13.2. The van der Waals surface area contributed by atoms with Gasteiger partial charge in [0.2, 0.25) is 0 Å². The van der Waals surface area contributed by atoms with Gasteiger partial charge in [0, 0.05) is 54.3 Å². The summed E-state index contributed by atoms with van der Waals surface area (Å²) in [6.07, 6.45) is 3.76. The maximum absolute atomic E-state index is 5.44. The second kappa shape index (κ2) is 10.3. The monoisotopic (exact) mass is 614 g/mol. The molecule has 47 heavy (non-hydrogen) atoms. The molecule has 3 aromatic heterocycles. The van der Waals surface area contributed by atoms with Gasteiger partial charge in [-0.2, -0.15) is 0 Å². The number of pyridine rings is 2. The fourth-order valence-electron chi connectivity index (χ4n) is 7.51. The van der Waals surface area contributed by atoms with E-state index in [0.717, 1.165) is 16.8 Å². The summed E-state index contributed by atoms with van der Waals surface area (Å²) in [7, 11) is 0. The highest BCUT2D eigenvalue weighted by Crippen LogP contribution is 2.46. The van der Waals surface area contributed by atoms with Gasteiger partial charge in [0.25, 0.3) is 0 Å². The van der Waals surface area contributed by atoms with Crippen LogP contribution >= 0.6 is 11.3 Å². The van der Waals surface area contributed by atoms with Gasteiger partial charge in [0.05, 0.1) is 11.2 Å². The van der Waals surface area contributed by atoms with Gasteiger partial charge in [-0.1, -0.05) is 121 Å². The molecule has 3 heterocycles. The van der Waals surface area contributed by atoms with Crippen molar-refractivity contribution in [3.63, 3.8) is 0 Å². The summed E-state index contributed by atoms with van der Waals surface area (Å²) in [5.41, 5.74) is 7.97. The van der Waals surface area contributed by atoms with Crippen molar-refractivity contribution in [2.75, 3.05) is 0 Å². The van der Waals surface area contributed by atoms with Crippen molar-refractivity contribution in [1.29, 1.82) is 0 Å². The minimum Gasteiger partial charge on any atom is -0.265 e. The Kier molecular flexibility index (Phi) is 5.78. The molecule has 2 nitrogen and oxygen atoms in total. The number of fused-ring (bicyclic) bond motifs is 9. The van der Waals surface area contributed by atoms with Crippen molar-refractivity contribution in [2.24, 2.45) is 0 Å². The first-order valence-electron chi connectivity index (χ1n) is 15.9. The molecule has 0 atom stereocenters. The lowest BCUT2D eigenvalue weighted by molar-refractivity contribution is 1.33. The van der Waals surface area contributed by atoms with Crippen LogP contribution in [0.4, 0.5) is 0 Å². The third-order valence-corrected chi connectivity index (χ3v) is 10.7. The highest BCUT2D eigenvalue weighted by molar-refractivity contribution is 7.26. The summed E-state index contributed by atoms with van der Waals surface area (Å²) >= 11 is 1.88. The fraction of sp³-hybridized carbons (Fsp3) is 0. The van der Waals surface area contributed by atoms with Crippen molar-refractivity contribution in [1.82, 2.24) is 9.97 Å². The van der Waals surface area contributed by atoms with Crippen molar-refractivity contribution in [2.45, 2.75) is 0 Å². The molecule has 218 valence electrons. The van der Waals surface area contributed by atoms with E-state index in [4.69, 9.17) is 4.98 Å². The van der Waals surface area contributed by atoms with Crippen LogP contribution < -0.4 is 0 Å². The number of benzene rings is 7. The molecular formula is C44H26N2S. The van der Waals surface area contributed by atoms with E-state index < -0.39 is 0 Å². The highest BCUT2D eigenvalue weighted by Gasteiger charge is 2.19. The van der Waals surface area contributed by atoms with Crippen molar-refractivity contribution < 1.29 is 0 Å². The summed E-state index contributed by atoms with van der Waals surface area (Å²) in [4.78, 5) is 9.74. The normalized spacial score (nSPS) is 11.8.